The van der Waals surface area contributed by atoms with Crippen LogP contribution in [0.15, 0.2) is 40.9 Å². The number of fused-ring (bicyclic) bond motifs is 1. The average molecular weight is 827 g/mol. The van der Waals surface area contributed by atoms with E-state index in [0.29, 0.717) is 36.3 Å². The van der Waals surface area contributed by atoms with E-state index in [0.717, 1.165) is 10.6 Å². The highest BCUT2D eigenvalue weighted by Gasteiger charge is 2.41. The van der Waals surface area contributed by atoms with E-state index in [1.807, 2.05) is 66.7 Å². The van der Waals surface area contributed by atoms with Crippen LogP contribution in [0.5, 0.6) is 5.75 Å². The van der Waals surface area contributed by atoms with Crippen molar-refractivity contribution in [2.75, 3.05) is 34.0 Å². The van der Waals surface area contributed by atoms with Crippen molar-refractivity contribution >= 4 is 46.3 Å². The number of ether oxygens (including phenoxy) is 2. The second kappa shape index (κ2) is 21.0. The topological polar surface area (TPSA) is 146 Å². The maximum absolute atomic E-state index is 14.4. The molecule has 324 valence electrons. The van der Waals surface area contributed by atoms with Crippen LogP contribution < -0.4 is 4.74 Å². The Morgan fingerprint density at radius 2 is 1.52 bits per heavy atom. The van der Waals surface area contributed by atoms with E-state index in [1.54, 1.807) is 72.9 Å². The van der Waals surface area contributed by atoms with Crippen molar-refractivity contribution in [1.82, 2.24) is 14.7 Å². The molecule has 0 unspecified atom stereocenters. The number of Topliss-reactive ketones (excluding diaryl/α,β-unsaturated/α-hetero) is 1. The number of amides is 3. The standard InChI is InChI=1S/C45H70N4O8S/c1-15-27(3)39-43(54)48(12)31(7)44(55)57-38(45(8,9)10)21-26(2)20-37(51)29(5)40-46-34(25-58-40)22-28(4)36(50)24-33(23-32-16-18-35(56-14)19-17-32)42(53)47(11)30(6)41(52)49(39)13/h16-19,22,26-27,29-31,33-34,37-39,51H,15,20-21,23-25H2,1-14H3/b28-22+/t26-,27-,29-,30-,31-,33+,34-,37-,38-,39-/m0/s1. The zero-order valence-corrected chi connectivity index (χ0v) is 38.2. The number of benzene rings is 1. The van der Waals surface area contributed by atoms with E-state index in [2.05, 4.69) is 0 Å². The number of aliphatic hydroxyl groups is 1. The monoisotopic (exact) mass is 826 g/mol. The summed E-state index contributed by atoms with van der Waals surface area (Å²) in [6.45, 7) is 18.8. The van der Waals surface area contributed by atoms with Crippen molar-refractivity contribution in [2.45, 2.75) is 138 Å². The Labute approximate surface area is 351 Å². The van der Waals surface area contributed by atoms with Gasteiger partial charge in [-0.3, -0.25) is 24.2 Å². The number of hydrogen-bond acceptors (Lipinski definition) is 10. The van der Waals surface area contributed by atoms with Gasteiger partial charge < -0.3 is 29.3 Å². The molecule has 0 saturated carbocycles. The number of carbonyl (C=O) groups is 5. The average Bonchev–Trinajstić information content (AvgIpc) is 3.65. The summed E-state index contributed by atoms with van der Waals surface area (Å²) in [5.41, 5.74) is 0.904. The molecular formula is C45H70N4O8S. The fraction of sp³-hybridized carbons (Fsp3) is 0.689. The van der Waals surface area contributed by atoms with Gasteiger partial charge in [0.15, 0.2) is 5.78 Å². The third kappa shape index (κ3) is 12.4. The minimum Gasteiger partial charge on any atom is -0.497 e. The SMILES string of the molecule is CC[C@H](C)[C@H]1C(=O)N(C)[C@@H](C)C(=O)O[C@H](C(C)(C)C)C[C@@H](C)C[C@H](O)[C@H](C)C2=N[C@@H](/C=C(\C)C(=O)C[C@@H](Cc3ccc(OC)cc3)C(=O)N(C)[C@@H](C)C(=O)N1C)CS2. The number of cyclic esters (lactones) is 1. The number of carbonyl (C=O) groups excluding carboxylic acids is 5. The number of aliphatic hydroxyl groups excluding tert-OH is 1. The van der Waals surface area contributed by atoms with Crippen molar-refractivity contribution < 1.29 is 38.6 Å². The molecule has 3 amide bonds. The summed E-state index contributed by atoms with van der Waals surface area (Å²) in [7, 11) is 6.23. The molecule has 1 N–H and O–H groups in total. The van der Waals surface area contributed by atoms with Gasteiger partial charge >= 0.3 is 5.97 Å². The van der Waals surface area contributed by atoms with Crippen molar-refractivity contribution in [1.29, 1.82) is 0 Å². The van der Waals surface area contributed by atoms with Gasteiger partial charge in [-0.1, -0.05) is 73.1 Å². The molecule has 3 rings (SSSR count). The number of methoxy groups -OCH3 is 1. The Hall–Kier alpha value is -3.71. The van der Waals surface area contributed by atoms with Crippen LogP contribution in [0, 0.1) is 29.1 Å². The van der Waals surface area contributed by atoms with Gasteiger partial charge in [-0.25, -0.2) is 4.79 Å². The Bertz CT molecular complexity index is 1670. The molecule has 2 heterocycles. The van der Waals surface area contributed by atoms with E-state index < -0.39 is 59.5 Å². The van der Waals surface area contributed by atoms with E-state index in [1.165, 1.54) is 14.7 Å². The molecule has 0 saturated heterocycles. The van der Waals surface area contributed by atoms with Crippen LogP contribution in [-0.2, 0) is 35.1 Å². The summed E-state index contributed by atoms with van der Waals surface area (Å²) in [4.78, 5) is 79.7. The van der Waals surface area contributed by atoms with Gasteiger partial charge in [0.05, 0.1) is 24.3 Å². The largest absolute Gasteiger partial charge is 0.497 e. The minimum atomic E-state index is -0.973. The van der Waals surface area contributed by atoms with Crippen LogP contribution in [0.4, 0.5) is 0 Å². The van der Waals surface area contributed by atoms with Gasteiger partial charge in [-0.2, -0.15) is 0 Å². The highest BCUT2D eigenvalue weighted by molar-refractivity contribution is 8.14. The number of allylic oxidation sites excluding steroid dienone is 1. The molecule has 0 spiro atoms. The molecule has 58 heavy (non-hydrogen) atoms. The maximum atomic E-state index is 14.4. The molecule has 2 aliphatic rings. The van der Waals surface area contributed by atoms with Crippen molar-refractivity contribution in [3.05, 3.63) is 41.5 Å². The summed E-state index contributed by atoms with van der Waals surface area (Å²) in [5, 5.41) is 12.2. The first-order valence-corrected chi connectivity index (χ1v) is 21.7. The van der Waals surface area contributed by atoms with E-state index in [-0.39, 0.29) is 48.3 Å². The number of likely N-dealkylation sites (N-methyl/N-ethyl adjacent to an activating group) is 3. The Kier molecular flexibility index (Phi) is 17.6. The summed E-state index contributed by atoms with van der Waals surface area (Å²) in [6, 6.07) is 4.20. The summed E-state index contributed by atoms with van der Waals surface area (Å²) in [6.07, 6.45) is 2.36. The fourth-order valence-electron chi connectivity index (χ4n) is 7.51. The summed E-state index contributed by atoms with van der Waals surface area (Å²) in [5.74, 6) is -2.02. The van der Waals surface area contributed by atoms with E-state index in [4.69, 9.17) is 14.5 Å². The van der Waals surface area contributed by atoms with Gasteiger partial charge in [0.1, 0.15) is 30.0 Å². The molecule has 2 bridgehead atoms. The van der Waals surface area contributed by atoms with Gasteiger partial charge in [-0.15, -0.1) is 11.8 Å². The predicted octanol–water partition coefficient (Wildman–Crippen LogP) is 6.23. The van der Waals surface area contributed by atoms with E-state index >= 15 is 0 Å². The number of esters is 1. The van der Waals surface area contributed by atoms with Gasteiger partial charge in [-0.05, 0) is 80.6 Å². The Morgan fingerprint density at radius 3 is 2.09 bits per heavy atom. The maximum Gasteiger partial charge on any atom is 0.328 e. The van der Waals surface area contributed by atoms with Gasteiger partial charge in [0.2, 0.25) is 17.7 Å². The molecule has 1 aromatic carbocycles. The quantitative estimate of drug-likeness (QED) is 0.342. The molecule has 13 heteroatoms. The van der Waals surface area contributed by atoms with Crippen molar-refractivity contribution in [3.8, 4) is 5.75 Å². The second-order valence-electron chi connectivity index (χ2n) is 17.8. The number of thioether (sulfide) groups is 1. The first-order chi connectivity index (χ1) is 27.0. The molecule has 0 radical (unpaired) electrons. The van der Waals surface area contributed by atoms with E-state index in [9.17, 15) is 29.1 Å². The Morgan fingerprint density at radius 1 is 0.914 bits per heavy atom. The van der Waals surface area contributed by atoms with Crippen LogP contribution in [0.1, 0.15) is 100 Å². The molecule has 0 fully saturated rings. The number of aliphatic imine (C=N–C) groups is 1. The first-order valence-electron chi connectivity index (χ1n) is 20.8. The number of rotatable bonds is 5. The van der Waals surface area contributed by atoms with Crippen LogP contribution in [0.2, 0.25) is 0 Å². The lowest BCUT2D eigenvalue weighted by atomic mass is 9.81. The normalized spacial score (nSPS) is 31.2. The van der Waals surface area contributed by atoms with Crippen LogP contribution in [0.25, 0.3) is 0 Å². The van der Waals surface area contributed by atoms with Crippen LogP contribution in [-0.4, -0.2) is 125 Å². The van der Waals surface area contributed by atoms with Crippen molar-refractivity contribution in [2.24, 2.45) is 34.1 Å². The molecule has 10 atom stereocenters. The minimum absolute atomic E-state index is 0.00989. The fourth-order valence-corrected chi connectivity index (χ4v) is 8.65. The lowest BCUT2D eigenvalue weighted by Crippen LogP contribution is -2.58. The van der Waals surface area contributed by atoms with Crippen LogP contribution in [0.3, 0.4) is 0 Å². The smallest absolute Gasteiger partial charge is 0.328 e. The molecule has 0 aromatic heterocycles. The summed E-state index contributed by atoms with van der Waals surface area (Å²) >= 11 is 1.57. The molecule has 1 aromatic rings. The highest BCUT2D eigenvalue weighted by atomic mass is 32.2. The zero-order chi connectivity index (χ0) is 43.8. The molecular weight excluding hydrogens is 757 g/mol. The Balaban J connectivity index is 2.08. The second-order valence-corrected chi connectivity index (χ2v) is 18.9. The van der Waals surface area contributed by atoms with Gasteiger partial charge in [0, 0.05) is 45.2 Å². The van der Waals surface area contributed by atoms with Crippen molar-refractivity contribution in [3.63, 3.8) is 0 Å². The molecule has 12 nitrogen and oxygen atoms in total. The summed E-state index contributed by atoms with van der Waals surface area (Å²) < 4.78 is 11.5. The lowest BCUT2D eigenvalue weighted by molar-refractivity contribution is -0.166. The van der Waals surface area contributed by atoms with Gasteiger partial charge in [0.25, 0.3) is 0 Å². The lowest BCUT2D eigenvalue weighted by Gasteiger charge is -2.39. The highest BCUT2D eigenvalue weighted by Crippen LogP contribution is 2.33. The predicted molar refractivity (Wildman–Crippen MR) is 231 cm³/mol. The third-order valence-electron chi connectivity index (χ3n) is 12.2. The molecule has 2 aliphatic heterocycles. The first kappa shape index (κ1) is 48.7. The number of hydrogen-bond donors (Lipinski definition) is 1. The van der Waals surface area contributed by atoms with Crippen LogP contribution >= 0.6 is 11.8 Å². The molecule has 0 aliphatic carbocycles. The number of nitrogens with zero attached hydrogens (tertiary/aromatic N) is 4. The zero-order valence-electron chi connectivity index (χ0n) is 37.4. The number of ketones is 1. The third-order valence-corrected chi connectivity index (χ3v) is 13.5.